The summed E-state index contributed by atoms with van der Waals surface area (Å²) in [4.78, 5) is 16.6. The molecule has 1 aromatic carbocycles. The van der Waals surface area contributed by atoms with Crippen LogP contribution in [0, 0.1) is 6.92 Å². The first-order chi connectivity index (χ1) is 14.7. The molecule has 0 spiro atoms. The molecule has 4 aromatic rings. The number of nitrogens with one attached hydrogen (secondary N) is 3. The van der Waals surface area contributed by atoms with Gasteiger partial charge in [-0.2, -0.15) is 0 Å². The minimum atomic E-state index is 0. The summed E-state index contributed by atoms with van der Waals surface area (Å²) in [7, 11) is 0. The van der Waals surface area contributed by atoms with E-state index in [0.29, 0.717) is 6.54 Å². The molecule has 0 amide bonds. The Hall–Kier alpha value is -2.88. The molecule has 8 heteroatoms. The number of aliphatic imine (C=N–C) groups is 1. The van der Waals surface area contributed by atoms with Crippen molar-refractivity contribution in [2.45, 2.75) is 26.8 Å². The fraction of sp³-hybridized carbons (Fsp3) is 0.261. The van der Waals surface area contributed by atoms with Gasteiger partial charge in [-0.25, -0.2) is 15.0 Å². The molecule has 4 rings (SSSR count). The van der Waals surface area contributed by atoms with Gasteiger partial charge < -0.3 is 15.6 Å². The lowest BCUT2D eigenvalue weighted by molar-refractivity contribution is 0.801. The Balaban J connectivity index is 0.00000272. The highest BCUT2D eigenvalue weighted by Gasteiger charge is 2.05. The summed E-state index contributed by atoms with van der Waals surface area (Å²) in [6, 6.07) is 10.6. The average Bonchev–Trinajstić information content (AvgIpc) is 3.43. The highest BCUT2D eigenvalue weighted by atomic mass is 127. The monoisotopic (exact) mass is 529 g/mol. The van der Waals surface area contributed by atoms with Crippen LogP contribution in [0.1, 0.15) is 23.6 Å². The van der Waals surface area contributed by atoms with E-state index in [0.717, 1.165) is 36.9 Å². The SMILES string of the molecule is CCNC(=NCc1ccc(-n2ccnc2)nc1)NCCc1c[nH]c2cc(C)ccc12.I. The quantitative estimate of drug-likeness (QED) is 0.192. The highest BCUT2D eigenvalue weighted by Crippen LogP contribution is 2.19. The van der Waals surface area contributed by atoms with E-state index in [1.54, 1.807) is 12.5 Å². The number of halogens is 1. The molecule has 7 nitrogen and oxygen atoms in total. The maximum atomic E-state index is 4.70. The number of hydrogen-bond donors (Lipinski definition) is 3. The fourth-order valence-electron chi connectivity index (χ4n) is 3.39. The van der Waals surface area contributed by atoms with Crippen molar-refractivity contribution in [3.8, 4) is 5.82 Å². The Morgan fingerprint density at radius 1 is 1.19 bits per heavy atom. The average molecular weight is 529 g/mol. The number of imidazole rings is 1. The van der Waals surface area contributed by atoms with Crippen LogP contribution in [-0.4, -0.2) is 38.6 Å². The summed E-state index contributed by atoms with van der Waals surface area (Å²) in [5.74, 6) is 1.66. The highest BCUT2D eigenvalue weighted by molar-refractivity contribution is 14.0. The molecule has 0 aliphatic carbocycles. The van der Waals surface area contributed by atoms with Crippen molar-refractivity contribution in [3.63, 3.8) is 0 Å². The zero-order valence-corrected chi connectivity index (χ0v) is 20.1. The molecule has 3 heterocycles. The number of fused-ring (bicyclic) bond motifs is 1. The molecule has 3 aromatic heterocycles. The summed E-state index contributed by atoms with van der Waals surface area (Å²) in [6.07, 6.45) is 10.2. The first kappa shape index (κ1) is 22.8. The second-order valence-corrected chi connectivity index (χ2v) is 7.23. The predicted octanol–water partition coefficient (Wildman–Crippen LogP) is 3.97. The summed E-state index contributed by atoms with van der Waals surface area (Å²) < 4.78 is 1.88. The fourth-order valence-corrected chi connectivity index (χ4v) is 3.39. The third-order valence-electron chi connectivity index (χ3n) is 4.95. The predicted molar refractivity (Wildman–Crippen MR) is 136 cm³/mol. The molecule has 0 atom stereocenters. The van der Waals surface area contributed by atoms with Gasteiger partial charge in [0.2, 0.25) is 0 Å². The van der Waals surface area contributed by atoms with Gasteiger partial charge in [0.05, 0.1) is 6.54 Å². The molecule has 0 radical (unpaired) electrons. The second kappa shape index (κ2) is 10.9. The van der Waals surface area contributed by atoms with E-state index < -0.39 is 0 Å². The summed E-state index contributed by atoms with van der Waals surface area (Å²) >= 11 is 0. The summed E-state index contributed by atoms with van der Waals surface area (Å²) in [5.41, 5.74) is 4.83. The number of H-pyrrole nitrogens is 1. The molecule has 0 bridgehead atoms. The topological polar surface area (TPSA) is 82.9 Å². The molecule has 0 aliphatic heterocycles. The van der Waals surface area contributed by atoms with Crippen LogP contribution in [-0.2, 0) is 13.0 Å². The summed E-state index contributed by atoms with van der Waals surface area (Å²) in [5, 5.41) is 8.03. The van der Waals surface area contributed by atoms with Gasteiger partial charge in [-0.3, -0.25) is 4.57 Å². The number of pyridine rings is 1. The first-order valence-electron chi connectivity index (χ1n) is 10.2. The van der Waals surface area contributed by atoms with Gasteiger partial charge in [-0.15, -0.1) is 24.0 Å². The van der Waals surface area contributed by atoms with Crippen molar-refractivity contribution in [1.29, 1.82) is 0 Å². The van der Waals surface area contributed by atoms with Gasteiger partial charge in [0.25, 0.3) is 0 Å². The zero-order chi connectivity index (χ0) is 20.8. The van der Waals surface area contributed by atoms with Crippen molar-refractivity contribution in [3.05, 3.63) is 78.1 Å². The number of aromatic amines is 1. The second-order valence-electron chi connectivity index (χ2n) is 7.23. The van der Waals surface area contributed by atoms with Gasteiger partial charge in [0, 0.05) is 48.8 Å². The van der Waals surface area contributed by atoms with Gasteiger partial charge >= 0.3 is 0 Å². The number of nitrogens with zero attached hydrogens (tertiary/aromatic N) is 4. The van der Waals surface area contributed by atoms with Crippen molar-refractivity contribution < 1.29 is 0 Å². The van der Waals surface area contributed by atoms with Crippen LogP contribution in [0.2, 0.25) is 0 Å². The van der Waals surface area contributed by atoms with E-state index in [-0.39, 0.29) is 24.0 Å². The minimum absolute atomic E-state index is 0. The first-order valence-corrected chi connectivity index (χ1v) is 10.2. The van der Waals surface area contributed by atoms with Crippen LogP contribution in [0.15, 0.2) is 66.4 Å². The molecule has 162 valence electrons. The Kier molecular flexibility index (Phi) is 8.05. The Labute approximate surface area is 199 Å². The van der Waals surface area contributed by atoms with Gasteiger partial charge in [-0.05, 0) is 49.1 Å². The molecule has 0 aliphatic rings. The molecule has 0 fully saturated rings. The van der Waals surface area contributed by atoms with Gasteiger partial charge in [0.15, 0.2) is 5.96 Å². The van der Waals surface area contributed by atoms with E-state index >= 15 is 0 Å². The third-order valence-corrected chi connectivity index (χ3v) is 4.95. The van der Waals surface area contributed by atoms with Crippen molar-refractivity contribution in [2.75, 3.05) is 13.1 Å². The Morgan fingerprint density at radius 3 is 2.84 bits per heavy atom. The number of aryl methyl sites for hydroxylation is 1. The minimum Gasteiger partial charge on any atom is -0.361 e. The van der Waals surface area contributed by atoms with E-state index in [4.69, 9.17) is 4.99 Å². The third kappa shape index (κ3) is 5.84. The smallest absolute Gasteiger partial charge is 0.191 e. The molecular formula is C23H28IN7. The van der Waals surface area contributed by atoms with Crippen LogP contribution in [0.3, 0.4) is 0 Å². The zero-order valence-electron chi connectivity index (χ0n) is 17.8. The van der Waals surface area contributed by atoms with Crippen LogP contribution in [0.4, 0.5) is 0 Å². The van der Waals surface area contributed by atoms with E-state index in [9.17, 15) is 0 Å². The van der Waals surface area contributed by atoms with Crippen LogP contribution in [0.25, 0.3) is 16.7 Å². The standard InChI is InChI=1S/C23H27N7.HI/c1-3-25-23(26-9-8-19-15-27-21-12-17(2)4-6-20(19)21)29-14-18-5-7-22(28-13-18)30-11-10-24-16-30;/h4-7,10-13,15-16,27H,3,8-9,14H2,1-2H3,(H2,25,26,29);1H. The Morgan fingerprint density at radius 2 is 2.10 bits per heavy atom. The molecular weight excluding hydrogens is 501 g/mol. The van der Waals surface area contributed by atoms with E-state index in [1.165, 1.54) is 22.0 Å². The van der Waals surface area contributed by atoms with Crippen LogP contribution in [0.5, 0.6) is 0 Å². The van der Waals surface area contributed by atoms with Crippen LogP contribution < -0.4 is 10.6 Å². The van der Waals surface area contributed by atoms with Crippen molar-refractivity contribution >= 4 is 40.8 Å². The van der Waals surface area contributed by atoms with Crippen LogP contribution >= 0.6 is 24.0 Å². The van der Waals surface area contributed by atoms with Gasteiger partial charge in [0.1, 0.15) is 12.1 Å². The van der Waals surface area contributed by atoms with E-state index in [2.05, 4.69) is 63.8 Å². The largest absolute Gasteiger partial charge is 0.361 e. The molecule has 3 N–H and O–H groups in total. The number of hydrogen-bond acceptors (Lipinski definition) is 3. The lowest BCUT2D eigenvalue weighted by atomic mass is 10.1. The maximum absolute atomic E-state index is 4.70. The lowest BCUT2D eigenvalue weighted by Crippen LogP contribution is -2.38. The number of rotatable bonds is 7. The van der Waals surface area contributed by atoms with Crippen molar-refractivity contribution in [2.24, 2.45) is 4.99 Å². The molecule has 0 unspecified atom stereocenters. The normalized spacial score (nSPS) is 11.4. The Bertz CT molecular complexity index is 1110. The lowest BCUT2D eigenvalue weighted by Gasteiger charge is -2.11. The van der Waals surface area contributed by atoms with Gasteiger partial charge in [-0.1, -0.05) is 18.2 Å². The molecule has 0 saturated heterocycles. The maximum Gasteiger partial charge on any atom is 0.191 e. The van der Waals surface area contributed by atoms with Crippen molar-refractivity contribution in [1.82, 2.24) is 30.2 Å². The summed E-state index contributed by atoms with van der Waals surface area (Å²) in [6.45, 7) is 6.38. The number of aromatic nitrogens is 4. The van der Waals surface area contributed by atoms with E-state index in [1.807, 2.05) is 29.1 Å². The number of benzene rings is 1. The molecule has 31 heavy (non-hydrogen) atoms. The number of guanidine groups is 1. The molecule has 0 saturated carbocycles.